The summed E-state index contributed by atoms with van der Waals surface area (Å²) in [6.45, 7) is 3.42. The Kier molecular flexibility index (Phi) is 7.94. The van der Waals surface area contributed by atoms with Crippen molar-refractivity contribution in [3.8, 4) is 0 Å². The van der Waals surface area contributed by atoms with Gasteiger partial charge in [0, 0.05) is 30.2 Å². The Morgan fingerprint density at radius 2 is 1.76 bits per heavy atom. The molecule has 0 aliphatic carbocycles. The maximum absolute atomic E-state index is 13.2. The molecular weight excluding hydrogens is 529 g/mol. The van der Waals surface area contributed by atoms with Crippen LogP contribution in [-0.2, 0) is 26.0 Å². The Hall–Kier alpha value is -2.73. The van der Waals surface area contributed by atoms with Crippen molar-refractivity contribution in [1.82, 2.24) is 10.2 Å². The fraction of sp³-hybridized carbons (Fsp3) is 0.385. The highest BCUT2D eigenvalue weighted by Gasteiger charge is 2.30. The normalized spacial score (nSPS) is 16.8. The van der Waals surface area contributed by atoms with Crippen molar-refractivity contribution in [2.45, 2.75) is 35.8 Å². The lowest BCUT2D eigenvalue weighted by atomic mass is 9.95. The van der Waals surface area contributed by atoms with E-state index in [0.29, 0.717) is 36.9 Å². The standard InChI is InChI=1S/C26H30N4O4S3/c31-25(27-11-15-29-13-9-20(10-14-29)23-5-2-16-35-23)26(32)28-21-8-7-19-4-1-12-30(22(19)18-21)37(33,34)24-6-3-17-36-24/h2-3,5-8,16-18,20H,1,4,9-15H2,(H,27,31)(H,28,32). The molecule has 2 aromatic heterocycles. The number of nitrogens with zero attached hydrogens (tertiary/aromatic N) is 2. The predicted octanol–water partition coefficient (Wildman–Crippen LogP) is 3.89. The van der Waals surface area contributed by atoms with Crippen molar-refractivity contribution in [2.75, 3.05) is 42.3 Å². The van der Waals surface area contributed by atoms with Gasteiger partial charge in [0.2, 0.25) is 0 Å². The summed E-state index contributed by atoms with van der Waals surface area (Å²) in [7, 11) is -3.68. The predicted molar refractivity (Wildman–Crippen MR) is 148 cm³/mol. The molecule has 3 aromatic rings. The highest BCUT2D eigenvalue weighted by Crippen LogP contribution is 2.35. The molecule has 0 spiro atoms. The van der Waals surface area contributed by atoms with E-state index in [1.165, 1.54) is 20.5 Å². The fourth-order valence-corrected chi connectivity index (χ4v) is 8.48. The number of carbonyl (C=O) groups is 2. The lowest BCUT2D eigenvalue weighted by Gasteiger charge is -2.31. The Balaban J connectivity index is 1.14. The second-order valence-corrected chi connectivity index (χ2v) is 13.3. The molecule has 0 unspecified atom stereocenters. The van der Waals surface area contributed by atoms with Gasteiger partial charge in [0.1, 0.15) is 4.21 Å². The fourth-order valence-electron chi connectivity index (χ4n) is 4.95. The second kappa shape index (κ2) is 11.3. The first-order chi connectivity index (χ1) is 17.9. The summed E-state index contributed by atoms with van der Waals surface area (Å²) < 4.78 is 28.0. The molecule has 2 N–H and O–H groups in total. The van der Waals surface area contributed by atoms with Crippen LogP contribution in [0.15, 0.2) is 57.4 Å². The third kappa shape index (κ3) is 5.90. The number of anilines is 2. The summed E-state index contributed by atoms with van der Waals surface area (Å²) in [5.74, 6) is -0.849. The van der Waals surface area contributed by atoms with E-state index in [2.05, 4.69) is 33.0 Å². The number of carbonyl (C=O) groups excluding carboxylic acids is 2. The van der Waals surface area contributed by atoms with Gasteiger partial charge in [0.25, 0.3) is 10.0 Å². The average molecular weight is 559 g/mol. The lowest BCUT2D eigenvalue weighted by Crippen LogP contribution is -2.42. The molecule has 0 atom stereocenters. The molecule has 1 fully saturated rings. The van der Waals surface area contributed by atoms with Gasteiger partial charge in [-0.25, -0.2) is 8.42 Å². The first kappa shape index (κ1) is 25.9. The summed E-state index contributed by atoms with van der Waals surface area (Å²) in [6.07, 6.45) is 3.68. The molecule has 4 heterocycles. The minimum atomic E-state index is -3.68. The zero-order valence-electron chi connectivity index (χ0n) is 20.4. The largest absolute Gasteiger partial charge is 0.347 e. The van der Waals surface area contributed by atoms with Crippen LogP contribution in [-0.4, -0.2) is 57.9 Å². The zero-order valence-corrected chi connectivity index (χ0v) is 22.8. The molecule has 0 saturated carbocycles. The van der Waals surface area contributed by atoms with Crippen LogP contribution in [0.1, 0.15) is 35.6 Å². The van der Waals surface area contributed by atoms with Crippen LogP contribution in [0.4, 0.5) is 11.4 Å². The summed E-state index contributed by atoms with van der Waals surface area (Å²) >= 11 is 2.99. The van der Waals surface area contributed by atoms with E-state index in [-0.39, 0.29) is 4.21 Å². The molecule has 196 valence electrons. The number of thiophene rings is 2. The van der Waals surface area contributed by atoms with Gasteiger partial charge in [-0.15, -0.1) is 22.7 Å². The Bertz CT molecular complexity index is 1330. The smallest absolute Gasteiger partial charge is 0.313 e. The van der Waals surface area contributed by atoms with Crippen molar-refractivity contribution < 1.29 is 18.0 Å². The number of likely N-dealkylation sites (tertiary alicyclic amines) is 1. The molecule has 2 amide bonds. The van der Waals surface area contributed by atoms with Crippen LogP contribution in [0.2, 0.25) is 0 Å². The van der Waals surface area contributed by atoms with Crippen LogP contribution >= 0.6 is 22.7 Å². The van der Waals surface area contributed by atoms with Crippen molar-refractivity contribution in [3.63, 3.8) is 0 Å². The third-order valence-corrected chi connectivity index (χ3v) is 11.1. The number of sulfonamides is 1. The molecule has 5 rings (SSSR count). The van der Waals surface area contributed by atoms with Crippen molar-refractivity contribution in [3.05, 3.63) is 63.7 Å². The van der Waals surface area contributed by atoms with E-state index in [4.69, 9.17) is 0 Å². The monoisotopic (exact) mass is 558 g/mol. The summed E-state index contributed by atoms with van der Waals surface area (Å²) in [5.41, 5.74) is 1.84. The lowest BCUT2D eigenvalue weighted by molar-refractivity contribution is -0.136. The highest BCUT2D eigenvalue weighted by atomic mass is 32.2. The number of hydrogen-bond donors (Lipinski definition) is 2. The van der Waals surface area contributed by atoms with Gasteiger partial charge in [-0.1, -0.05) is 18.2 Å². The van der Waals surface area contributed by atoms with Gasteiger partial charge >= 0.3 is 11.8 Å². The average Bonchev–Trinajstić information content (AvgIpc) is 3.64. The summed E-state index contributed by atoms with van der Waals surface area (Å²) in [6, 6.07) is 12.8. The van der Waals surface area contributed by atoms with Crippen molar-refractivity contribution in [2.24, 2.45) is 0 Å². The third-order valence-electron chi connectivity index (χ3n) is 6.91. The minimum absolute atomic E-state index is 0.282. The van der Waals surface area contributed by atoms with E-state index in [1.807, 2.05) is 17.4 Å². The van der Waals surface area contributed by atoms with Crippen LogP contribution in [0.25, 0.3) is 0 Å². The number of aryl methyl sites for hydroxylation is 1. The van der Waals surface area contributed by atoms with Gasteiger partial charge in [-0.2, -0.15) is 0 Å². The SMILES string of the molecule is O=C(NCCN1CCC(c2cccs2)CC1)C(=O)Nc1ccc2c(c1)N(S(=O)(=O)c1cccs1)CCC2. The molecule has 8 nitrogen and oxygen atoms in total. The van der Waals surface area contributed by atoms with Gasteiger partial charge in [-0.3, -0.25) is 13.9 Å². The topological polar surface area (TPSA) is 98.8 Å². The first-order valence-electron chi connectivity index (χ1n) is 12.5. The number of hydrogen-bond acceptors (Lipinski definition) is 7. The van der Waals surface area contributed by atoms with Crippen molar-refractivity contribution in [1.29, 1.82) is 0 Å². The molecule has 0 radical (unpaired) electrons. The molecule has 2 aliphatic rings. The van der Waals surface area contributed by atoms with Crippen LogP contribution in [0, 0.1) is 0 Å². The van der Waals surface area contributed by atoms with Gasteiger partial charge < -0.3 is 15.5 Å². The number of benzene rings is 1. The van der Waals surface area contributed by atoms with Gasteiger partial charge in [-0.05, 0) is 85.3 Å². The summed E-state index contributed by atoms with van der Waals surface area (Å²) in [5, 5.41) is 9.19. The van der Waals surface area contributed by atoms with E-state index >= 15 is 0 Å². The highest BCUT2D eigenvalue weighted by molar-refractivity contribution is 7.94. The van der Waals surface area contributed by atoms with Crippen LogP contribution in [0.5, 0.6) is 0 Å². The van der Waals surface area contributed by atoms with E-state index in [0.717, 1.165) is 44.3 Å². The molecule has 2 aliphatic heterocycles. The Labute approximate surface area is 225 Å². The molecule has 1 saturated heterocycles. The Morgan fingerprint density at radius 1 is 0.973 bits per heavy atom. The van der Waals surface area contributed by atoms with E-state index < -0.39 is 21.8 Å². The van der Waals surface area contributed by atoms with Crippen molar-refractivity contribution >= 4 is 55.9 Å². The van der Waals surface area contributed by atoms with Crippen LogP contribution in [0.3, 0.4) is 0 Å². The molecule has 11 heteroatoms. The molecule has 1 aromatic carbocycles. The Morgan fingerprint density at radius 3 is 2.49 bits per heavy atom. The zero-order chi connectivity index (χ0) is 25.8. The number of nitrogens with one attached hydrogen (secondary N) is 2. The number of piperidine rings is 1. The number of amides is 2. The maximum atomic E-state index is 13.2. The quantitative estimate of drug-likeness (QED) is 0.429. The molecule has 0 bridgehead atoms. The number of fused-ring (bicyclic) bond motifs is 1. The van der Waals surface area contributed by atoms with Gasteiger partial charge in [0.05, 0.1) is 5.69 Å². The second-order valence-electron chi connectivity index (χ2n) is 9.30. The first-order valence-corrected chi connectivity index (χ1v) is 15.7. The molecule has 37 heavy (non-hydrogen) atoms. The molecular formula is C26H30N4O4S3. The van der Waals surface area contributed by atoms with Crippen LogP contribution < -0.4 is 14.9 Å². The number of rotatable bonds is 7. The van der Waals surface area contributed by atoms with E-state index in [9.17, 15) is 18.0 Å². The maximum Gasteiger partial charge on any atom is 0.313 e. The van der Waals surface area contributed by atoms with E-state index in [1.54, 1.807) is 29.6 Å². The minimum Gasteiger partial charge on any atom is -0.347 e. The van der Waals surface area contributed by atoms with Gasteiger partial charge in [0.15, 0.2) is 0 Å². The summed E-state index contributed by atoms with van der Waals surface area (Å²) in [4.78, 5) is 28.7.